The summed E-state index contributed by atoms with van der Waals surface area (Å²) in [7, 11) is -3.01. The molecule has 0 bridgehead atoms. The van der Waals surface area contributed by atoms with Gasteiger partial charge in [0, 0.05) is 6.54 Å². The molecule has 1 N–H and O–H groups in total. The number of rotatable bonds is 6. The minimum Gasteiger partial charge on any atom is -0.315 e. The zero-order valence-corrected chi connectivity index (χ0v) is 12.3. The van der Waals surface area contributed by atoms with E-state index in [1.807, 2.05) is 18.2 Å². The first-order valence-electron chi connectivity index (χ1n) is 6.30. The molecule has 0 amide bonds. The number of hydrogen-bond acceptors (Lipinski definition) is 3. The number of hydrogen-bond donors (Lipinski definition) is 1. The van der Waals surface area contributed by atoms with Gasteiger partial charge in [0.15, 0.2) is 9.84 Å². The monoisotopic (exact) mass is 269 g/mol. The normalized spacial score (nSPS) is 12.6. The lowest BCUT2D eigenvalue weighted by Gasteiger charge is -2.19. The molecule has 0 atom stereocenters. The lowest BCUT2D eigenvalue weighted by molar-refractivity contribution is 0.556. The van der Waals surface area contributed by atoms with Crippen LogP contribution in [0.4, 0.5) is 0 Å². The van der Waals surface area contributed by atoms with Gasteiger partial charge < -0.3 is 5.32 Å². The van der Waals surface area contributed by atoms with Crippen molar-refractivity contribution in [2.45, 2.75) is 31.9 Å². The van der Waals surface area contributed by atoms with Crippen LogP contribution >= 0.6 is 0 Å². The summed E-state index contributed by atoms with van der Waals surface area (Å²) in [6.07, 6.45) is 0.927. The van der Waals surface area contributed by atoms with Crippen molar-refractivity contribution in [3.63, 3.8) is 0 Å². The summed E-state index contributed by atoms with van der Waals surface area (Å²) in [5.74, 6) is 0.200. The highest BCUT2D eigenvalue weighted by Gasteiger charge is 2.27. The molecular formula is C14H23NO2S. The van der Waals surface area contributed by atoms with Crippen LogP contribution in [-0.4, -0.2) is 32.0 Å². The summed E-state index contributed by atoms with van der Waals surface area (Å²) >= 11 is 0. The van der Waals surface area contributed by atoms with E-state index in [0.717, 1.165) is 13.0 Å². The van der Waals surface area contributed by atoms with E-state index in [9.17, 15) is 8.42 Å². The minimum absolute atomic E-state index is 0.200. The van der Waals surface area contributed by atoms with Gasteiger partial charge >= 0.3 is 0 Å². The van der Waals surface area contributed by atoms with Crippen LogP contribution in [0.3, 0.4) is 0 Å². The molecule has 0 heterocycles. The van der Waals surface area contributed by atoms with E-state index in [0.29, 0.717) is 6.54 Å². The van der Waals surface area contributed by atoms with Crippen LogP contribution < -0.4 is 5.32 Å². The van der Waals surface area contributed by atoms with Crippen molar-refractivity contribution in [1.82, 2.24) is 5.32 Å². The van der Waals surface area contributed by atoms with Crippen LogP contribution in [0.2, 0.25) is 0 Å². The van der Waals surface area contributed by atoms with Gasteiger partial charge in [0.25, 0.3) is 0 Å². The molecule has 0 aliphatic rings. The Balaban J connectivity index is 2.24. The lowest BCUT2D eigenvalue weighted by Crippen LogP contribution is -2.35. The van der Waals surface area contributed by atoms with Crippen molar-refractivity contribution in [2.75, 3.05) is 18.8 Å². The van der Waals surface area contributed by atoms with Gasteiger partial charge in [0.1, 0.15) is 0 Å². The van der Waals surface area contributed by atoms with Crippen molar-refractivity contribution >= 4 is 9.84 Å². The molecule has 3 nitrogen and oxygen atoms in total. The summed E-state index contributed by atoms with van der Waals surface area (Å²) in [5.41, 5.74) is 1.27. The van der Waals surface area contributed by atoms with E-state index < -0.39 is 14.6 Å². The quantitative estimate of drug-likeness (QED) is 0.804. The van der Waals surface area contributed by atoms with Crippen molar-refractivity contribution in [1.29, 1.82) is 0 Å². The van der Waals surface area contributed by atoms with Crippen LogP contribution in [0.5, 0.6) is 0 Å². The van der Waals surface area contributed by atoms with Crippen LogP contribution in [-0.2, 0) is 16.3 Å². The molecule has 0 saturated carbocycles. The predicted octanol–water partition coefficient (Wildman–Crippen LogP) is 2.03. The van der Waals surface area contributed by atoms with Crippen molar-refractivity contribution in [2.24, 2.45) is 0 Å². The maximum Gasteiger partial charge on any atom is 0.156 e. The zero-order chi connectivity index (χ0) is 13.6. The molecule has 0 unspecified atom stereocenters. The summed E-state index contributed by atoms with van der Waals surface area (Å²) in [5, 5.41) is 3.18. The first-order chi connectivity index (χ1) is 8.33. The third-order valence-corrected chi connectivity index (χ3v) is 5.52. The first kappa shape index (κ1) is 15.2. The average molecular weight is 269 g/mol. The fourth-order valence-corrected chi connectivity index (χ4v) is 2.54. The Hall–Kier alpha value is -0.870. The molecule has 0 aliphatic carbocycles. The maximum atomic E-state index is 11.8. The molecule has 0 aromatic heterocycles. The van der Waals surface area contributed by atoms with Gasteiger partial charge in [-0.1, -0.05) is 30.3 Å². The summed E-state index contributed by atoms with van der Waals surface area (Å²) in [6.45, 7) is 6.56. The van der Waals surface area contributed by atoms with E-state index in [1.54, 1.807) is 20.8 Å². The Kier molecular flexibility index (Phi) is 5.35. The molecule has 4 heteroatoms. The molecule has 1 rings (SSSR count). The second kappa shape index (κ2) is 6.34. The van der Waals surface area contributed by atoms with Crippen molar-refractivity contribution in [3.8, 4) is 0 Å². The highest BCUT2D eigenvalue weighted by Crippen LogP contribution is 2.15. The highest BCUT2D eigenvalue weighted by molar-refractivity contribution is 7.92. The molecule has 18 heavy (non-hydrogen) atoms. The fraction of sp³-hybridized carbons (Fsp3) is 0.571. The van der Waals surface area contributed by atoms with Gasteiger partial charge in [-0.15, -0.1) is 0 Å². The van der Waals surface area contributed by atoms with Crippen LogP contribution in [0.1, 0.15) is 26.3 Å². The third kappa shape index (κ3) is 4.78. The van der Waals surface area contributed by atoms with Gasteiger partial charge in [-0.2, -0.15) is 0 Å². The first-order valence-corrected chi connectivity index (χ1v) is 7.95. The number of benzene rings is 1. The maximum absolute atomic E-state index is 11.8. The van der Waals surface area contributed by atoms with Crippen LogP contribution in [0.15, 0.2) is 30.3 Å². The number of nitrogens with one attached hydrogen (secondary N) is 1. The van der Waals surface area contributed by atoms with Gasteiger partial charge in [0.05, 0.1) is 10.5 Å². The Morgan fingerprint density at radius 3 is 2.22 bits per heavy atom. The van der Waals surface area contributed by atoms with Crippen LogP contribution in [0, 0.1) is 0 Å². The smallest absolute Gasteiger partial charge is 0.156 e. The van der Waals surface area contributed by atoms with E-state index in [1.165, 1.54) is 5.56 Å². The molecule has 0 aliphatic heterocycles. The molecule has 1 aromatic carbocycles. The minimum atomic E-state index is -3.01. The second-order valence-electron chi connectivity index (χ2n) is 5.42. The van der Waals surface area contributed by atoms with Gasteiger partial charge in [0.2, 0.25) is 0 Å². The molecular weight excluding hydrogens is 246 g/mol. The van der Waals surface area contributed by atoms with Gasteiger partial charge in [-0.3, -0.25) is 0 Å². The van der Waals surface area contributed by atoms with E-state index >= 15 is 0 Å². The number of sulfone groups is 1. The standard InChI is InChI=1S/C14H23NO2S/c1-14(2,3)18(16,17)12-11-15-10-9-13-7-5-4-6-8-13/h4-8,15H,9-12H2,1-3H3. The largest absolute Gasteiger partial charge is 0.315 e. The van der Waals surface area contributed by atoms with Crippen molar-refractivity contribution in [3.05, 3.63) is 35.9 Å². The SMILES string of the molecule is CC(C)(C)S(=O)(=O)CCNCCc1ccccc1. The average Bonchev–Trinajstić information content (AvgIpc) is 2.28. The highest BCUT2D eigenvalue weighted by atomic mass is 32.2. The molecule has 102 valence electrons. The third-order valence-electron chi connectivity index (χ3n) is 2.91. The molecule has 1 aromatic rings. The van der Waals surface area contributed by atoms with E-state index in [4.69, 9.17) is 0 Å². The second-order valence-corrected chi connectivity index (χ2v) is 8.28. The topological polar surface area (TPSA) is 46.2 Å². The van der Waals surface area contributed by atoms with Crippen molar-refractivity contribution < 1.29 is 8.42 Å². The summed E-state index contributed by atoms with van der Waals surface area (Å²) < 4.78 is 23.0. The van der Waals surface area contributed by atoms with Crippen LogP contribution in [0.25, 0.3) is 0 Å². The molecule has 0 radical (unpaired) electrons. The lowest BCUT2D eigenvalue weighted by atomic mass is 10.1. The van der Waals surface area contributed by atoms with E-state index in [2.05, 4.69) is 17.4 Å². The Labute approximate surface area is 111 Å². The predicted molar refractivity (Wildman–Crippen MR) is 76.6 cm³/mol. The Bertz CT molecular complexity index is 446. The summed E-state index contributed by atoms with van der Waals surface area (Å²) in [4.78, 5) is 0. The molecule has 0 spiro atoms. The van der Waals surface area contributed by atoms with Gasteiger partial charge in [-0.05, 0) is 39.3 Å². The van der Waals surface area contributed by atoms with E-state index in [-0.39, 0.29) is 5.75 Å². The molecule has 0 saturated heterocycles. The molecule has 0 fully saturated rings. The van der Waals surface area contributed by atoms with Gasteiger partial charge in [-0.25, -0.2) is 8.42 Å². The Morgan fingerprint density at radius 2 is 1.67 bits per heavy atom. The fourth-order valence-electron chi connectivity index (χ4n) is 1.52. The Morgan fingerprint density at radius 1 is 1.06 bits per heavy atom. The summed E-state index contributed by atoms with van der Waals surface area (Å²) in [6, 6.07) is 10.2. The zero-order valence-electron chi connectivity index (χ0n) is 11.4.